The van der Waals surface area contributed by atoms with Crippen LogP contribution in [0.15, 0.2) is 48.2 Å². The Bertz CT molecular complexity index is 988. The van der Waals surface area contributed by atoms with Crippen LogP contribution in [0.2, 0.25) is 0 Å². The molecule has 4 amide bonds. The highest BCUT2D eigenvalue weighted by Gasteiger charge is 2.38. The Labute approximate surface area is 214 Å². The minimum absolute atomic E-state index is 0.0666. The fourth-order valence-corrected chi connectivity index (χ4v) is 4.54. The summed E-state index contributed by atoms with van der Waals surface area (Å²) in [5.41, 5.74) is 2.95. The first kappa shape index (κ1) is 27.3. The summed E-state index contributed by atoms with van der Waals surface area (Å²) in [6.07, 6.45) is 2.44. The average Bonchev–Trinajstić information content (AvgIpc) is 3.07. The molecule has 1 fully saturated rings. The smallest absolute Gasteiger partial charge is 0.338 e. The molecular formula is C27H39N5O4. The number of nitrogens with zero attached hydrogens (tertiary/aromatic N) is 3. The van der Waals surface area contributed by atoms with Crippen LogP contribution in [-0.2, 0) is 9.53 Å². The minimum Gasteiger partial charge on any atom is -0.463 e. The van der Waals surface area contributed by atoms with Gasteiger partial charge in [0.2, 0.25) is 0 Å². The first-order valence-corrected chi connectivity index (χ1v) is 12.7. The number of benzene rings is 1. The summed E-state index contributed by atoms with van der Waals surface area (Å²) in [7, 11) is 0. The first-order chi connectivity index (χ1) is 17.2. The lowest BCUT2D eigenvalue weighted by atomic mass is 9.93. The van der Waals surface area contributed by atoms with Crippen molar-refractivity contribution < 1.29 is 19.1 Å². The molecule has 0 aliphatic carbocycles. The van der Waals surface area contributed by atoms with Gasteiger partial charge in [0.25, 0.3) is 0 Å². The van der Waals surface area contributed by atoms with Gasteiger partial charge in [-0.15, -0.1) is 6.58 Å². The highest BCUT2D eigenvalue weighted by molar-refractivity contribution is 5.95. The number of hydrogen-bond acceptors (Lipinski definition) is 5. The molecule has 1 aromatic carbocycles. The molecule has 36 heavy (non-hydrogen) atoms. The Morgan fingerprint density at radius 1 is 1.19 bits per heavy atom. The summed E-state index contributed by atoms with van der Waals surface area (Å²) in [5.74, 6) is -0.445. The molecule has 3 rings (SSSR count). The zero-order valence-electron chi connectivity index (χ0n) is 21.9. The van der Waals surface area contributed by atoms with Gasteiger partial charge in [0.15, 0.2) is 0 Å². The lowest BCUT2D eigenvalue weighted by Gasteiger charge is -2.38. The lowest BCUT2D eigenvalue weighted by molar-refractivity contribution is -0.139. The largest absolute Gasteiger partial charge is 0.463 e. The molecule has 1 atom stereocenters. The van der Waals surface area contributed by atoms with Gasteiger partial charge in [-0.05, 0) is 39.7 Å². The van der Waals surface area contributed by atoms with Gasteiger partial charge in [-0.2, -0.15) is 0 Å². The van der Waals surface area contributed by atoms with Crippen LogP contribution in [0.1, 0.15) is 44.4 Å². The number of esters is 1. The normalized spacial score (nSPS) is 19.1. The molecule has 1 aromatic rings. The van der Waals surface area contributed by atoms with Gasteiger partial charge in [0.1, 0.15) is 0 Å². The van der Waals surface area contributed by atoms with E-state index < -0.39 is 12.0 Å². The number of ether oxygens (including phenoxy) is 1. The third kappa shape index (κ3) is 6.66. The molecular weight excluding hydrogens is 458 g/mol. The van der Waals surface area contributed by atoms with Gasteiger partial charge < -0.3 is 20.3 Å². The molecule has 1 unspecified atom stereocenters. The lowest BCUT2D eigenvalue weighted by Crippen LogP contribution is -2.51. The van der Waals surface area contributed by atoms with E-state index >= 15 is 0 Å². The van der Waals surface area contributed by atoms with Crippen LogP contribution < -0.4 is 10.6 Å². The van der Waals surface area contributed by atoms with Gasteiger partial charge in [-0.25, -0.2) is 14.4 Å². The topological polar surface area (TPSA) is 94.2 Å². The average molecular weight is 498 g/mol. The van der Waals surface area contributed by atoms with Gasteiger partial charge in [-0.3, -0.25) is 9.80 Å². The van der Waals surface area contributed by atoms with E-state index in [1.54, 1.807) is 17.9 Å². The number of nitrogens with one attached hydrogen (secondary N) is 2. The number of rotatable bonds is 8. The maximum absolute atomic E-state index is 13.3. The van der Waals surface area contributed by atoms with Crippen molar-refractivity contribution in [3.8, 4) is 0 Å². The van der Waals surface area contributed by atoms with Crippen molar-refractivity contribution in [3.05, 3.63) is 59.3 Å². The molecule has 2 aliphatic rings. The SMILES string of the molecule is C=CCN1C(=O)NC(c2ccc(C)cc2)C(C(=O)OCC)=C1CN1CCCN(C(=O)NC(C)C)CC1. The molecule has 0 saturated carbocycles. The summed E-state index contributed by atoms with van der Waals surface area (Å²) in [6, 6.07) is 6.89. The Hall–Kier alpha value is -3.33. The predicted octanol–water partition coefficient (Wildman–Crippen LogP) is 3.19. The van der Waals surface area contributed by atoms with E-state index in [1.165, 1.54) is 0 Å². The standard InChI is InChI=1S/C27H39N5O4/c1-6-13-32-22(18-30-14-8-15-31(17-16-30)26(34)28-19(3)4)23(25(33)36-7-2)24(29-27(32)35)21-11-9-20(5)10-12-21/h6,9-12,19,24H,1,7-8,13-18H2,2-5H3,(H,28,34)(H,29,35). The van der Waals surface area contributed by atoms with E-state index in [0.29, 0.717) is 37.4 Å². The van der Waals surface area contributed by atoms with E-state index in [-0.39, 0.29) is 31.3 Å². The van der Waals surface area contributed by atoms with Crippen LogP contribution >= 0.6 is 0 Å². The van der Waals surface area contributed by atoms with E-state index in [0.717, 1.165) is 24.1 Å². The first-order valence-electron chi connectivity index (χ1n) is 12.7. The second kappa shape index (κ2) is 12.6. The van der Waals surface area contributed by atoms with E-state index in [2.05, 4.69) is 22.1 Å². The molecule has 0 spiro atoms. The maximum atomic E-state index is 13.3. The van der Waals surface area contributed by atoms with Crippen molar-refractivity contribution in [1.29, 1.82) is 0 Å². The monoisotopic (exact) mass is 497 g/mol. The van der Waals surface area contributed by atoms with Gasteiger partial charge in [0, 0.05) is 51.0 Å². The number of aryl methyl sites for hydroxylation is 1. The summed E-state index contributed by atoms with van der Waals surface area (Å²) in [6.45, 7) is 14.9. The van der Waals surface area contributed by atoms with Crippen molar-refractivity contribution >= 4 is 18.0 Å². The Morgan fingerprint density at radius 2 is 1.92 bits per heavy atom. The number of amides is 4. The molecule has 196 valence electrons. The summed E-state index contributed by atoms with van der Waals surface area (Å²) in [4.78, 5) is 44.6. The highest BCUT2D eigenvalue weighted by Crippen LogP contribution is 2.32. The third-order valence-electron chi connectivity index (χ3n) is 6.32. The van der Waals surface area contributed by atoms with Crippen LogP contribution in [-0.4, -0.2) is 84.6 Å². The van der Waals surface area contributed by atoms with Gasteiger partial charge in [0.05, 0.1) is 18.2 Å². The van der Waals surface area contributed by atoms with Crippen LogP contribution in [0.3, 0.4) is 0 Å². The molecule has 1 saturated heterocycles. The molecule has 9 heteroatoms. The zero-order chi connectivity index (χ0) is 26.2. The van der Waals surface area contributed by atoms with Crippen molar-refractivity contribution in [2.45, 2.75) is 46.2 Å². The summed E-state index contributed by atoms with van der Waals surface area (Å²) >= 11 is 0. The summed E-state index contributed by atoms with van der Waals surface area (Å²) in [5, 5.41) is 5.95. The van der Waals surface area contributed by atoms with Crippen molar-refractivity contribution in [3.63, 3.8) is 0 Å². The number of carbonyl (C=O) groups is 3. The van der Waals surface area contributed by atoms with E-state index in [9.17, 15) is 14.4 Å². The molecule has 0 bridgehead atoms. The molecule has 0 radical (unpaired) electrons. The second-order valence-electron chi connectivity index (χ2n) is 9.49. The second-order valence-corrected chi connectivity index (χ2v) is 9.49. The van der Waals surface area contributed by atoms with Crippen LogP contribution in [0.5, 0.6) is 0 Å². The summed E-state index contributed by atoms with van der Waals surface area (Å²) < 4.78 is 5.47. The molecule has 2 heterocycles. The Balaban J connectivity index is 1.95. The van der Waals surface area contributed by atoms with Gasteiger partial charge in [-0.1, -0.05) is 35.9 Å². The Kier molecular flexibility index (Phi) is 9.52. The van der Waals surface area contributed by atoms with Crippen LogP contribution in [0.4, 0.5) is 9.59 Å². The van der Waals surface area contributed by atoms with Crippen molar-refractivity contribution in [2.24, 2.45) is 0 Å². The molecule has 2 aliphatic heterocycles. The molecule has 9 nitrogen and oxygen atoms in total. The van der Waals surface area contributed by atoms with E-state index in [4.69, 9.17) is 4.74 Å². The maximum Gasteiger partial charge on any atom is 0.338 e. The highest BCUT2D eigenvalue weighted by atomic mass is 16.5. The van der Waals surface area contributed by atoms with E-state index in [1.807, 2.05) is 49.9 Å². The minimum atomic E-state index is -0.617. The molecule has 2 N–H and O–H groups in total. The number of urea groups is 2. The van der Waals surface area contributed by atoms with Crippen molar-refractivity contribution in [1.82, 2.24) is 25.3 Å². The number of hydrogen-bond donors (Lipinski definition) is 2. The van der Waals surface area contributed by atoms with Crippen LogP contribution in [0, 0.1) is 6.92 Å². The predicted molar refractivity (Wildman–Crippen MR) is 139 cm³/mol. The fraction of sp³-hybridized carbons (Fsp3) is 0.519. The quantitative estimate of drug-likeness (QED) is 0.425. The fourth-order valence-electron chi connectivity index (χ4n) is 4.54. The Morgan fingerprint density at radius 3 is 2.56 bits per heavy atom. The number of carbonyl (C=O) groups excluding carboxylic acids is 3. The zero-order valence-corrected chi connectivity index (χ0v) is 21.9. The van der Waals surface area contributed by atoms with Gasteiger partial charge >= 0.3 is 18.0 Å². The van der Waals surface area contributed by atoms with Crippen LogP contribution in [0.25, 0.3) is 0 Å². The van der Waals surface area contributed by atoms with Crippen molar-refractivity contribution in [2.75, 3.05) is 45.9 Å². The molecule has 0 aromatic heterocycles. The third-order valence-corrected chi connectivity index (χ3v) is 6.32.